The maximum Gasteiger partial charge on any atom is 0.0711 e. The number of unbranched alkanes of at least 4 members (excludes halogenated alkanes) is 14. The van der Waals surface area contributed by atoms with Crippen molar-refractivity contribution in [1.29, 1.82) is 0 Å². The van der Waals surface area contributed by atoms with E-state index in [9.17, 15) is 0 Å². The molecule has 0 bridgehead atoms. The van der Waals surface area contributed by atoms with E-state index in [1.165, 1.54) is 89.9 Å². The molecule has 0 aromatic heterocycles. The van der Waals surface area contributed by atoms with Crippen molar-refractivity contribution in [3.63, 3.8) is 0 Å². The maximum atomic E-state index is 5.81. The van der Waals surface area contributed by atoms with E-state index in [0.29, 0.717) is 0 Å². The third-order valence-electron chi connectivity index (χ3n) is 4.87. The molecule has 3 heteroatoms. The quantitative estimate of drug-likeness (QED) is 0.143. The smallest absolute Gasteiger partial charge is 0.0711 e. The number of hydrogen-bond acceptors (Lipinski definition) is 3. The lowest BCUT2D eigenvalue weighted by molar-refractivity contribution is -0.368. The molecular formula is C23H49NO2. The molecule has 0 radical (unpaired) electrons. The molecule has 0 aromatic carbocycles. The van der Waals surface area contributed by atoms with Crippen molar-refractivity contribution in [2.75, 3.05) is 19.8 Å². The molecule has 158 valence electrons. The molecule has 0 fully saturated rings. The SMILES string of the molecule is CCCCCCCCCCON(CCC)OCCCCCCCCCC. The van der Waals surface area contributed by atoms with E-state index in [2.05, 4.69) is 20.8 Å². The molecule has 0 rings (SSSR count). The van der Waals surface area contributed by atoms with Gasteiger partial charge in [0.25, 0.3) is 0 Å². The fourth-order valence-electron chi connectivity index (χ4n) is 3.15. The standard InChI is InChI=1S/C23H49NO2/c1-4-7-9-11-13-15-17-19-22-25-24(21-6-3)26-23-20-18-16-14-12-10-8-5-2/h4-23H2,1-3H3. The number of nitrogens with zero attached hydrogens (tertiary/aromatic N) is 1. The minimum absolute atomic E-state index is 0.798. The third kappa shape index (κ3) is 20.2. The third-order valence-corrected chi connectivity index (χ3v) is 4.87. The molecule has 3 nitrogen and oxygen atoms in total. The Morgan fingerprint density at radius 2 is 0.769 bits per heavy atom. The minimum Gasteiger partial charge on any atom is -0.274 e. The molecule has 0 aliphatic carbocycles. The van der Waals surface area contributed by atoms with E-state index in [1.807, 2.05) is 0 Å². The molecule has 0 heterocycles. The maximum absolute atomic E-state index is 5.81. The van der Waals surface area contributed by atoms with Crippen molar-refractivity contribution in [3.8, 4) is 0 Å². The normalized spacial score (nSPS) is 11.5. The number of hydrogen-bond donors (Lipinski definition) is 0. The van der Waals surface area contributed by atoms with Crippen LogP contribution in [0, 0.1) is 0 Å². The van der Waals surface area contributed by atoms with Gasteiger partial charge in [0.15, 0.2) is 0 Å². The zero-order chi connectivity index (χ0) is 19.1. The second kappa shape index (κ2) is 22.9. The molecule has 0 unspecified atom stereocenters. The fourth-order valence-corrected chi connectivity index (χ4v) is 3.15. The molecule has 0 spiro atoms. The Balaban J connectivity index is 3.42. The van der Waals surface area contributed by atoms with Gasteiger partial charge < -0.3 is 0 Å². The Morgan fingerprint density at radius 3 is 1.12 bits per heavy atom. The highest BCUT2D eigenvalue weighted by Gasteiger charge is 2.04. The van der Waals surface area contributed by atoms with Crippen LogP contribution in [0.4, 0.5) is 0 Å². The highest BCUT2D eigenvalue weighted by Crippen LogP contribution is 2.10. The van der Waals surface area contributed by atoms with Crippen molar-refractivity contribution in [3.05, 3.63) is 0 Å². The van der Waals surface area contributed by atoms with Crippen molar-refractivity contribution < 1.29 is 9.68 Å². The van der Waals surface area contributed by atoms with Crippen LogP contribution in [0.25, 0.3) is 0 Å². The molecule has 0 N–H and O–H groups in total. The Kier molecular flexibility index (Phi) is 22.8. The van der Waals surface area contributed by atoms with Crippen LogP contribution in [0.3, 0.4) is 0 Å². The van der Waals surface area contributed by atoms with Crippen LogP contribution in [0.2, 0.25) is 0 Å². The first-order valence-corrected chi connectivity index (χ1v) is 11.9. The monoisotopic (exact) mass is 371 g/mol. The van der Waals surface area contributed by atoms with E-state index in [1.54, 1.807) is 5.23 Å². The number of rotatable bonds is 22. The van der Waals surface area contributed by atoms with Crippen LogP contribution < -0.4 is 0 Å². The van der Waals surface area contributed by atoms with Gasteiger partial charge in [0.2, 0.25) is 0 Å². The van der Waals surface area contributed by atoms with E-state index >= 15 is 0 Å². The lowest BCUT2D eigenvalue weighted by Gasteiger charge is -2.20. The summed E-state index contributed by atoms with van der Waals surface area (Å²) in [5.41, 5.74) is 0. The summed E-state index contributed by atoms with van der Waals surface area (Å²) in [5, 5.41) is 1.74. The van der Waals surface area contributed by atoms with Gasteiger partial charge in [-0.2, -0.15) is 0 Å². The average molecular weight is 372 g/mol. The largest absolute Gasteiger partial charge is 0.274 e. The summed E-state index contributed by atoms with van der Waals surface area (Å²) >= 11 is 0. The van der Waals surface area contributed by atoms with Gasteiger partial charge in [0, 0.05) is 0 Å². The van der Waals surface area contributed by atoms with Crippen LogP contribution in [0.15, 0.2) is 0 Å². The summed E-state index contributed by atoms with van der Waals surface area (Å²) < 4.78 is 0. The summed E-state index contributed by atoms with van der Waals surface area (Å²) in [6, 6.07) is 0. The van der Waals surface area contributed by atoms with Gasteiger partial charge in [0.1, 0.15) is 0 Å². The predicted octanol–water partition coefficient (Wildman–Crippen LogP) is 7.84. The van der Waals surface area contributed by atoms with Gasteiger partial charge in [-0.25, -0.2) is 0 Å². The van der Waals surface area contributed by atoms with Gasteiger partial charge in [-0.05, 0) is 19.3 Å². The molecule has 26 heavy (non-hydrogen) atoms. The molecule has 0 aliphatic heterocycles. The molecule has 0 amide bonds. The van der Waals surface area contributed by atoms with Gasteiger partial charge in [-0.1, -0.05) is 116 Å². The number of hydroxylamine groups is 2. The highest BCUT2D eigenvalue weighted by atomic mass is 16.9. The van der Waals surface area contributed by atoms with E-state index < -0.39 is 0 Å². The lowest BCUT2D eigenvalue weighted by atomic mass is 10.1. The summed E-state index contributed by atoms with van der Waals surface area (Å²) in [6.07, 6.45) is 22.5. The molecule has 0 saturated heterocycles. The first kappa shape index (κ1) is 25.9. The average Bonchev–Trinajstić information content (AvgIpc) is 2.65. The Labute approximate surface area is 165 Å². The van der Waals surface area contributed by atoms with Crippen molar-refractivity contribution >= 4 is 0 Å². The zero-order valence-electron chi connectivity index (χ0n) is 18.4. The van der Waals surface area contributed by atoms with Crippen molar-refractivity contribution in [2.45, 2.75) is 130 Å². The Bertz CT molecular complexity index is 226. The molecule has 0 aliphatic rings. The van der Waals surface area contributed by atoms with E-state index in [0.717, 1.165) is 39.0 Å². The summed E-state index contributed by atoms with van der Waals surface area (Å²) in [7, 11) is 0. The fraction of sp³-hybridized carbons (Fsp3) is 1.00. The lowest BCUT2D eigenvalue weighted by Crippen LogP contribution is -2.26. The van der Waals surface area contributed by atoms with Gasteiger partial charge in [-0.15, -0.1) is 0 Å². The Hall–Kier alpha value is -0.120. The van der Waals surface area contributed by atoms with Crippen LogP contribution >= 0.6 is 0 Å². The summed E-state index contributed by atoms with van der Waals surface area (Å²) in [4.78, 5) is 11.6. The topological polar surface area (TPSA) is 21.7 Å². The van der Waals surface area contributed by atoms with Crippen LogP contribution in [-0.4, -0.2) is 25.0 Å². The Morgan fingerprint density at radius 1 is 0.423 bits per heavy atom. The van der Waals surface area contributed by atoms with Gasteiger partial charge >= 0.3 is 0 Å². The predicted molar refractivity (Wildman–Crippen MR) is 114 cm³/mol. The summed E-state index contributed by atoms with van der Waals surface area (Å²) in [5.74, 6) is 0. The molecule has 0 aromatic rings. The van der Waals surface area contributed by atoms with Crippen molar-refractivity contribution in [2.24, 2.45) is 0 Å². The summed E-state index contributed by atoms with van der Waals surface area (Å²) in [6.45, 7) is 9.19. The van der Waals surface area contributed by atoms with Crippen LogP contribution in [0.5, 0.6) is 0 Å². The molecular weight excluding hydrogens is 322 g/mol. The first-order valence-electron chi connectivity index (χ1n) is 11.9. The molecule has 0 atom stereocenters. The van der Waals surface area contributed by atoms with Crippen molar-refractivity contribution in [1.82, 2.24) is 5.23 Å². The minimum atomic E-state index is 0.798. The van der Waals surface area contributed by atoms with E-state index in [4.69, 9.17) is 9.68 Å². The van der Waals surface area contributed by atoms with E-state index in [-0.39, 0.29) is 0 Å². The first-order chi connectivity index (χ1) is 12.8. The van der Waals surface area contributed by atoms with Gasteiger partial charge in [0.05, 0.1) is 19.8 Å². The second-order valence-electron chi connectivity index (χ2n) is 7.67. The molecule has 0 saturated carbocycles. The second-order valence-corrected chi connectivity index (χ2v) is 7.67. The highest BCUT2D eigenvalue weighted by molar-refractivity contribution is 4.47. The zero-order valence-corrected chi connectivity index (χ0v) is 18.4. The van der Waals surface area contributed by atoms with Crippen LogP contribution in [-0.2, 0) is 9.68 Å². The van der Waals surface area contributed by atoms with Gasteiger partial charge in [-0.3, -0.25) is 9.68 Å². The van der Waals surface area contributed by atoms with Crippen LogP contribution in [0.1, 0.15) is 130 Å².